The number of benzene rings is 2. The van der Waals surface area contributed by atoms with Crippen molar-refractivity contribution >= 4 is 18.1 Å². The van der Waals surface area contributed by atoms with E-state index in [1.54, 1.807) is 25.1 Å². The lowest BCUT2D eigenvalue weighted by molar-refractivity contribution is 0.0526. The van der Waals surface area contributed by atoms with Gasteiger partial charge in [-0.15, -0.1) is 0 Å². The van der Waals surface area contributed by atoms with Crippen molar-refractivity contribution in [3.8, 4) is 0 Å². The average Bonchev–Trinajstić information content (AvgIpc) is 2.46. The Labute approximate surface area is 117 Å². The summed E-state index contributed by atoms with van der Waals surface area (Å²) < 4.78 is 17.9. The molecule has 0 unspecified atom stereocenters. The van der Waals surface area contributed by atoms with Crippen molar-refractivity contribution in [2.45, 2.75) is 6.92 Å². The van der Waals surface area contributed by atoms with Gasteiger partial charge in [0.25, 0.3) is 0 Å². The second kappa shape index (κ2) is 6.66. The lowest BCUT2D eigenvalue weighted by Crippen LogP contribution is -2.03. The van der Waals surface area contributed by atoms with Crippen LogP contribution in [0.1, 0.15) is 28.4 Å². The average molecular weight is 270 g/mol. The Morgan fingerprint density at radius 2 is 1.80 bits per heavy atom. The molecule has 0 aliphatic rings. The molecular weight excluding hydrogens is 255 g/mol. The molecule has 3 heteroatoms. The minimum absolute atomic E-state index is 0.259. The third-order valence-electron chi connectivity index (χ3n) is 2.74. The maximum atomic E-state index is 13.0. The van der Waals surface area contributed by atoms with E-state index in [9.17, 15) is 9.18 Å². The lowest BCUT2D eigenvalue weighted by Gasteiger charge is -2.01. The molecular formula is C17H15FO2. The third kappa shape index (κ3) is 3.79. The molecule has 20 heavy (non-hydrogen) atoms. The fraction of sp³-hybridized carbons (Fsp3) is 0.118. The summed E-state index contributed by atoms with van der Waals surface area (Å²) in [5.41, 5.74) is 2.25. The van der Waals surface area contributed by atoms with Gasteiger partial charge in [0, 0.05) is 0 Å². The molecule has 2 rings (SSSR count). The number of carbonyl (C=O) groups is 1. The molecule has 0 atom stereocenters. The van der Waals surface area contributed by atoms with Crippen molar-refractivity contribution in [3.05, 3.63) is 71.0 Å². The first-order valence-corrected chi connectivity index (χ1v) is 6.40. The number of carbonyl (C=O) groups excluding carboxylic acids is 1. The zero-order valence-electron chi connectivity index (χ0n) is 11.2. The van der Waals surface area contributed by atoms with E-state index in [0.29, 0.717) is 12.2 Å². The largest absolute Gasteiger partial charge is 0.462 e. The molecule has 0 saturated carbocycles. The van der Waals surface area contributed by atoms with Gasteiger partial charge in [0.1, 0.15) is 5.82 Å². The normalized spacial score (nSPS) is 10.7. The number of halogens is 1. The van der Waals surface area contributed by atoms with E-state index in [2.05, 4.69) is 0 Å². The van der Waals surface area contributed by atoms with Crippen LogP contribution in [-0.2, 0) is 4.74 Å². The Balaban J connectivity index is 2.09. The molecule has 0 spiro atoms. The van der Waals surface area contributed by atoms with Crippen LogP contribution >= 0.6 is 0 Å². The summed E-state index contributed by atoms with van der Waals surface area (Å²) >= 11 is 0. The van der Waals surface area contributed by atoms with E-state index < -0.39 is 0 Å². The topological polar surface area (TPSA) is 26.3 Å². The molecule has 2 nitrogen and oxygen atoms in total. The van der Waals surface area contributed by atoms with Crippen LogP contribution in [0.3, 0.4) is 0 Å². The summed E-state index contributed by atoms with van der Waals surface area (Å²) in [4.78, 5) is 11.5. The van der Waals surface area contributed by atoms with Gasteiger partial charge in [0.2, 0.25) is 0 Å². The highest BCUT2D eigenvalue weighted by atomic mass is 19.1. The smallest absolute Gasteiger partial charge is 0.338 e. The molecule has 0 heterocycles. The van der Waals surface area contributed by atoms with Crippen LogP contribution in [0.2, 0.25) is 0 Å². The Kier molecular flexibility index (Phi) is 4.66. The number of hydrogen-bond acceptors (Lipinski definition) is 2. The first-order chi connectivity index (χ1) is 9.69. The summed E-state index contributed by atoms with van der Waals surface area (Å²) in [6.45, 7) is 2.13. The van der Waals surface area contributed by atoms with E-state index in [-0.39, 0.29) is 11.8 Å². The molecule has 0 aliphatic heterocycles. The highest BCUT2D eigenvalue weighted by Crippen LogP contribution is 2.11. The molecule has 2 aromatic rings. The fourth-order valence-corrected chi connectivity index (χ4v) is 1.75. The van der Waals surface area contributed by atoms with Crippen molar-refractivity contribution in [2.75, 3.05) is 6.61 Å². The van der Waals surface area contributed by atoms with E-state index in [1.165, 1.54) is 12.1 Å². The SMILES string of the molecule is CCOC(=O)c1ccc(/C=C/c2cccc(F)c2)cc1. The van der Waals surface area contributed by atoms with Gasteiger partial charge < -0.3 is 4.74 Å². The summed E-state index contributed by atoms with van der Waals surface area (Å²) in [5, 5.41) is 0. The zero-order valence-corrected chi connectivity index (χ0v) is 11.2. The fourth-order valence-electron chi connectivity index (χ4n) is 1.75. The molecule has 2 aromatic carbocycles. The predicted molar refractivity (Wildman–Crippen MR) is 77.7 cm³/mol. The van der Waals surface area contributed by atoms with Gasteiger partial charge in [-0.3, -0.25) is 0 Å². The Morgan fingerprint density at radius 1 is 1.10 bits per heavy atom. The van der Waals surface area contributed by atoms with Crippen LogP contribution in [0.25, 0.3) is 12.2 Å². The number of rotatable bonds is 4. The van der Waals surface area contributed by atoms with Gasteiger partial charge >= 0.3 is 5.97 Å². The standard InChI is InChI=1S/C17H15FO2/c1-2-20-17(19)15-10-8-13(9-11-15)6-7-14-4-3-5-16(18)12-14/h3-12H,2H2,1H3/b7-6+. The number of ether oxygens (including phenoxy) is 1. The highest BCUT2D eigenvalue weighted by molar-refractivity contribution is 5.89. The van der Waals surface area contributed by atoms with E-state index >= 15 is 0 Å². The van der Waals surface area contributed by atoms with Gasteiger partial charge in [0.15, 0.2) is 0 Å². The summed E-state index contributed by atoms with van der Waals surface area (Å²) in [6, 6.07) is 13.4. The molecule has 0 saturated heterocycles. The van der Waals surface area contributed by atoms with Gasteiger partial charge in [-0.25, -0.2) is 9.18 Å². The van der Waals surface area contributed by atoms with Crippen LogP contribution in [0.15, 0.2) is 48.5 Å². The summed E-state index contributed by atoms with van der Waals surface area (Å²) in [5.74, 6) is -0.585. The first-order valence-electron chi connectivity index (χ1n) is 6.40. The summed E-state index contributed by atoms with van der Waals surface area (Å²) in [7, 11) is 0. The van der Waals surface area contributed by atoms with E-state index in [4.69, 9.17) is 4.74 Å². The Bertz CT molecular complexity index is 615. The highest BCUT2D eigenvalue weighted by Gasteiger charge is 2.04. The van der Waals surface area contributed by atoms with Crippen LogP contribution in [-0.4, -0.2) is 12.6 Å². The molecule has 0 aliphatic carbocycles. The van der Waals surface area contributed by atoms with Crippen molar-refractivity contribution in [1.82, 2.24) is 0 Å². The molecule has 0 aromatic heterocycles. The van der Waals surface area contributed by atoms with Crippen LogP contribution < -0.4 is 0 Å². The molecule has 0 radical (unpaired) electrons. The monoisotopic (exact) mass is 270 g/mol. The van der Waals surface area contributed by atoms with Crippen molar-refractivity contribution < 1.29 is 13.9 Å². The van der Waals surface area contributed by atoms with Gasteiger partial charge in [-0.2, -0.15) is 0 Å². The van der Waals surface area contributed by atoms with Gasteiger partial charge in [0.05, 0.1) is 12.2 Å². The summed E-state index contributed by atoms with van der Waals surface area (Å²) in [6.07, 6.45) is 3.69. The van der Waals surface area contributed by atoms with E-state index in [1.807, 2.05) is 30.4 Å². The molecule has 0 N–H and O–H groups in total. The van der Waals surface area contributed by atoms with E-state index in [0.717, 1.165) is 11.1 Å². The van der Waals surface area contributed by atoms with Crippen LogP contribution in [0.5, 0.6) is 0 Å². The van der Waals surface area contributed by atoms with Crippen LogP contribution in [0.4, 0.5) is 4.39 Å². The quantitative estimate of drug-likeness (QED) is 0.615. The van der Waals surface area contributed by atoms with Crippen LogP contribution in [0, 0.1) is 5.82 Å². The molecule has 102 valence electrons. The van der Waals surface area contributed by atoms with Gasteiger partial charge in [-0.1, -0.05) is 36.4 Å². The second-order valence-electron chi connectivity index (χ2n) is 4.23. The molecule has 0 amide bonds. The first kappa shape index (κ1) is 14.0. The third-order valence-corrected chi connectivity index (χ3v) is 2.74. The van der Waals surface area contributed by atoms with Gasteiger partial charge in [-0.05, 0) is 42.3 Å². The molecule has 0 fully saturated rings. The predicted octanol–water partition coefficient (Wildman–Crippen LogP) is 4.17. The minimum Gasteiger partial charge on any atom is -0.462 e. The second-order valence-corrected chi connectivity index (χ2v) is 4.23. The number of esters is 1. The maximum absolute atomic E-state index is 13.0. The van der Waals surface area contributed by atoms with Crippen molar-refractivity contribution in [3.63, 3.8) is 0 Å². The molecule has 0 bridgehead atoms. The zero-order chi connectivity index (χ0) is 14.4. The Morgan fingerprint density at radius 3 is 2.45 bits per heavy atom. The minimum atomic E-state index is -0.326. The van der Waals surface area contributed by atoms with Crippen molar-refractivity contribution in [2.24, 2.45) is 0 Å². The Hall–Kier alpha value is -2.42. The van der Waals surface area contributed by atoms with Crippen molar-refractivity contribution in [1.29, 1.82) is 0 Å². The maximum Gasteiger partial charge on any atom is 0.338 e. The number of hydrogen-bond donors (Lipinski definition) is 0. The lowest BCUT2D eigenvalue weighted by atomic mass is 10.1.